The summed E-state index contributed by atoms with van der Waals surface area (Å²) >= 11 is 0. The minimum atomic E-state index is -1.10. The first-order chi connectivity index (χ1) is 6.99. The zero-order valence-electron chi connectivity index (χ0n) is 8.90. The van der Waals surface area contributed by atoms with Crippen LogP contribution in [-0.2, 0) is 14.4 Å². The van der Waals surface area contributed by atoms with Gasteiger partial charge in [0.25, 0.3) is 0 Å². The van der Waals surface area contributed by atoms with Crippen LogP contribution in [0, 0.1) is 5.92 Å². The van der Waals surface area contributed by atoms with Crippen LogP contribution in [0.2, 0.25) is 0 Å². The van der Waals surface area contributed by atoms with Crippen LogP contribution in [-0.4, -0.2) is 33.8 Å². The van der Waals surface area contributed by atoms with Gasteiger partial charge in [-0.05, 0) is 5.92 Å². The number of imide groups is 1. The van der Waals surface area contributed by atoms with Crippen molar-refractivity contribution in [1.82, 2.24) is 4.90 Å². The summed E-state index contributed by atoms with van der Waals surface area (Å²) in [7, 11) is 0. The molecule has 5 nitrogen and oxygen atoms in total. The van der Waals surface area contributed by atoms with Crippen LogP contribution in [0.1, 0.15) is 33.1 Å². The van der Waals surface area contributed by atoms with E-state index in [1.807, 2.05) is 6.92 Å². The highest BCUT2D eigenvalue weighted by Crippen LogP contribution is 2.22. The van der Waals surface area contributed by atoms with Crippen LogP contribution in [0.5, 0.6) is 0 Å². The Hall–Kier alpha value is -1.39. The van der Waals surface area contributed by atoms with Gasteiger partial charge in [0.1, 0.15) is 6.04 Å². The third kappa shape index (κ3) is 2.16. The second kappa shape index (κ2) is 4.42. The van der Waals surface area contributed by atoms with Gasteiger partial charge in [-0.3, -0.25) is 14.5 Å². The van der Waals surface area contributed by atoms with Gasteiger partial charge >= 0.3 is 5.97 Å². The van der Waals surface area contributed by atoms with Crippen molar-refractivity contribution >= 4 is 17.8 Å². The van der Waals surface area contributed by atoms with Crippen LogP contribution in [0.3, 0.4) is 0 Å². The maximum atomic E-state index is 11.4. The number of likely N-dealkylation sites (tertiary alicyclic amines) is 1. The molecule has 15 heavy (non-hydrogen) atoms. The van der Waals surface area contributed by atoms with Crippen LogP contribution in [0.25, 0.3) is 0 Å². The average Bonchev–Trinajstić information content (AvgIpc) is 2.49. The SMILES string of the molecule is CC[C@H](C)[C@H](C(=O)O)N1C(=O)CCC1=O. The van der Waals surface area contributed by atoms with Gasteiger partial charge in [0.05, 0.1) is 0 Å². The molecule has 0 aromatic carbocycles. The van der Waals surface area contributed by atoms with Crippen LogP contribution >= 0.6 is 0 Å². The number of rotatable bonds is 4. The molecular formula is C10H15NO4. The molecule has 1 N–H and O–H groups in total. The van der Waals surface area contributed by atoms with Gasteiger partial charge in [-0.25, -0.2) is 4.79 Å². The van der Waals surface area contributed by atoms with E-state index in [9.17, 15) is 14.4 Å². The largest absolute Gasteiger partial charge is 0.480 e. The summed E-state index contributed by atoms with van der Waals surface area (Å²) in [6, 6.07) is -1.00. The molecule has 2 atom stereocenters. The van der Waals surface area contributed by atoms with E-state index in [1.54, 1.807) is 6.92 Å². The Morgan fingerprint density at radius 2 is 1.87 bits per heavy atom. The second-order valence-electron chi connectivity index (χ2n) is 3.83. The summed E-state index contributed by atoms with van der Waals surface area (Å²) in [6.45, 7) is 3.57. The maximum Gasteiger partial charge on any atom is 0.327 e. The smallest absolute Gasteiger partial charge is 0.327 e. The number of hydrogen-bond acceptors (Lipinski definition) is 3. The maximum absolute atomic E-state index is 11.4. The fourth-order valence-electron chi connectivity index (χ4n) is 1.74. The number of carboxylic acid groups (broad SMARTS) is 1. The molecule has 0 bridgehead atoms. The van der Waals surface area contributed by atoms with E-state index in [2.05, 4.69) is 0 Å². The van der Waals surface area contributed by atoms with Gasteiger partial charge < -0.3 is 5.11 Å². The number of aliphatic carboxylic acids is 1. The monoisotopic (exact) mass is 213 g/mol. The molecule has 0 aromatic rings. The molecule has 1 rings (SSSR count). The molecule has 0 spiro atoms. The lowest BCUT2D eigenvalue weighted by Crippen LogP contribution is -2.48. The van der Waals surface area contributed by atoms with Crippen molar-refractivity contribution in [3.05, 3.63) is 0 Å². The Kier molecular flexibility index (Phi) is 3.44. The number of nitrogens with zero attached hydrogens (tertiary/aromatic N) is 1. The molecule has 1 aliphatic rings. The second-order valence-corrected chi connectivity index (χ2v) is 3.83. The summed E-state index contributed by atoms with van der Waals surface area (Å²) in [5.41, 5.74) is 0. The summed E-state index contributed by atoms with van der Waals surface area (Å²) < 4.78 is 0. The Balaban J connectivity index is 2.93. The van der Waals surface area contributed by atoms with E-state index in [4.69, 9.17) is 5.11 Å². The van der Waals surface area contributed by atoms with Crippen molar-refractivity contribution in [2.75, 3.05) is 0 Å². The standard InChI is InChI=1S/C10H15NO4/c1-3-6(2)9(10(14)15)11-7(12)4-5-8(11)13/h6,9H,3-5H2,1-2H3,(H,14,15)/t6-,9+/m0/s1. The molecule has 0 unspecified atom stereocenters. The van der Waals surface area contributed by atoms with Crippen molar-refractivity contribution in [2.24, 2.45) is 5.92 Å². The molecular weight excluding hydrogens is 198 g/mol. The van der Waals surface area contributed by atoms with Gasteiger partial charge in [-0.15, -0.1) is 0 Å². The lowest BCUT2D eigenvalue weighted by molar-refractivity contribution is -0.156. The van der Waals surface area contributed by atoms with Gasteiger partial charge in [0.15, 0.2) is 0 Å². The molecule has 0 aromatic heterocycles. The molecule has 1 aliphatic heterocycles. The topological polar surface area (TPSA) is 74.7 Å². The summed E-state index contributed by atoms with van der Waals surface area (Å²) in [5, 5.41) is 9.02. The Morgan fingerprint density at radius 1 is 1.40 bits per heavy atom. The summed E-state index contributed by atoms with van der Waals surface area (Å²) in [6.07, 6.45) is 0.895. The Bertz CT molecular complexity index is 284. The van der Waals surface area contributed by atoms with Crippen molar-refractivity contribution < 1.29 is 19.5 Å². The van der Waals surface area contributed by atoms with E-state index in [-0.39, 0.29) is 30.6 Å². The zero-order valence-corrected chi connectivity index (χ0v) is 8.90. The summed E-state index contributed by atoms with van der Waals surface area (Å²) in [5.74, 6) is -2.05. The van der Waals surface area contributed by atoms with Crippen molar-refractivity contribution in [1.29, 1.82) is 0 Å². The minimum Gasteiger partial charge on any atom is -0.480 e. The molecule has 1 heterocycles. The molecule has 0 aliphatic carbocycles. The van der Waals surface area contributed by atoms with Gasteiger partial charge in [-0.1, -0.05) is 20.3 Å². The number of amides is 2. The first kappa shape index (κ1) is 11.7. The van der Waals surface area contributed by atoms with E-state index in [1.165, 1.54) is 0 Å². The number of carbonyl (C=O) groups is 3. The van der Waals surface area contributed by atoms with Crippen LogP contribution in [0.15, 0.2) is 0 Å². The number of carbonyl (C=O) groups excluding carboxylic acids is 2. The predicted octanol–water partition coefficient (Wildman–Crippen LogP) is 0.635. The summed E-state index contributed by atoms with van der Waals surface area (Å²) in [4.78, 5) is 34.7. The predicted molar refractivity (Wildman–Crippen MR) is 52.0 cm³/mol. The highest BCUT2D eigenvalue weighted by Gasteiger charge is 2.40. The van der Waals surface area contributed by atoms with E-state index < -0.39 is 12.0 Å². The highest BCUT2D eigenvalue weighted by molar-refractivity contribution is 6.04. The molecule has 84 valence electrons. The van der Waals surface area contributed by atoms with Crippen molar-refractivity contribution in [3.63, 3.8) is 0 Å². The van der Waals surface area contributed by atoms with Gasteiger partial charge in [0.2, 0.25) is 11.8 Å². The molecule has 0 saturated carbocycles. The molecule has 5 heteroatoms. The van der Waals surface area contributed by atoms with E-state index in [0.717, 1.165) is 4.90 Å². The quantitative estimate of drug-likeness (QED) is 0.695. The first-order valence-corrected chi connectivity index (χ1v) is 5.06. The first-order valence-electron chi connectivity index (χ1n) is 5.06. The lowest BCUT2D eigenvalue weighted by atomic mass is 9.98. The van der Waals surface area contributed by atoms with Crippen molar-refractivity contribution in [2.45, 2.75) is 39.2 Å². The number of carboxylic acids is 1. The van der Waals surface area contributed by atoms with E-state index in [0.29, 0.717) is 6.42 Å². The van der Waals surface area contributed by atoms with Crippen LogP contribution in [0.4, 0.5) is 0 Å². The lowest BCUT2D eigenvalue weighted by Gasteiger charge is -2.26. The third-order valence-corrected chi connectivity index (χ3v) is 2.80. The average molecular weight is 213 g/mol. The Labute approximate surface area is 88.1 Å². The molecule has 1 fully saturated rings. The van der Waals surface area contributed by atoms with Gasteiger partial charge in [0, 0.05) is 12.8 Å². The minimum absolute atomic E-state index is 0.138. The zero-order chi connectivity index (χ0) is 11.6. The van der Waals surface area contributed by atoms with Crippen LogP contribution < -0.4 is 0 Å². The fraction of sp³-hybridized carbons (Fsp3) is 0.700. The molecule has 0 radical (unpaired) electrons. The highest BCUT2D eigenvalue weighted by atomic mass is 16.4. The molecule has 2 amide bonds. The van der Waals surface area contributed by atoms with Crippen molar-refractivity contribution in [3.8, 4) is 0 Å². The van der Waals surface area contributed by atoms with E-state index >= 15 is 0 Å². The fourth-order valence-corrected chi connectivity index (χ4v) is 1.74. The van der Waals surface area contributed by atoms with Gasteiger partial charge in [-0.2, -0.15) is 0 Å². The third-order valence-electron chi connectivity index (χ3n) is 2.80. The molecule has 1 saturated heterocycles. The Morgan fingerprint density at radius 3 is 2.20 bits per heavy atom. The number of hydrogen-bond donors (Lipinski definition) is 1. The normalized spacial score (nSPS) is 20.5.